The van der Waals surface area contributed by atoms with Gasteiger partial charge in [0.25, 0.3) is 0 Å². The Labute approximate surface area is 113 Å². The lowest BCUT2D eigenvalue weighted by atomic mass is 9.98. The van der Waals surface area contributed by atoms with Crippen LogP contribution in [0, 0.1) is 0 Å². The van der Waals surface area contributed by atoms with Gasteiger partial charge in [0.1, 0.15) is 0 Å². The van der Waals surface area contributed by atoms with Gasteiger partial charge in [-0.25, -0.2) is 0 Å². The molecule has 2 rings (SSSR count). The van der Waals surface area contributed by atoms with Crippen LogP contribution in [0.1, 0.15) is 37.8 Å². The molecule has 0 aromatic heterocycles. The molecule has 0 heterocycles. The van der Waals surface area contributed by atoms with E-state index in [0.717, 1.165) is 28.6 Å². The summed E-state index contributed by atoms with van der Waals surface area (Å²) in [7, 11) is 0. The quantitative estimate of drug-likeness (QED) is 0.778. The van der Waals surface area contributed by atoms with Gasteiger partial charge in [-0.3, -0.25) is 0 Å². The summed E-state index contributed by atoms with van der Waals surface area (Å²) in [4.78, 5) is 0. The smallest absolute Gasteiger partial charge is 0.0551 e. The van der Waals surface area contributed by atoms with Gasteiger partial charge in [0.15, 0.2) is 0 Å². The molecule has 1 aromatic rings. The Hall–Kier alpha value is -0.500. The first kappa shape index (κ1) is 12.9. The maximum atomic E-state index is 6.28. The first-order valence-electron chi connectivity index (χ1n) is 6.09. The number of likely N-dealkylation sites (N-methyl/N-ethyl adjacent to an activating group) is 1. The lowest BCUT2D eigenvalue weighted by Crippen LogP contribution is -2.22. The minimum atomic E-state index is 0.216. The van der Waals surface area contributed by atoms with Crippen LogP contribution in [0.4, 0.5) is 0 Å². The maximum Gasteiger partial charge on any atom is 0.0551 e. The number of allylic oxidation sites excluding steroid dienone is 1. The maximum absolute atomic E-state index is 6.28. The molecule has 0 fully saturated rings. The van der Waals surface area contributed by atoms with E-state index in [0.29, 0.717) is 0 Å². The fourth-order valence-electron chi connectivity index (χ4n) is 2.34. The van der Waals surface area contributed by atoms with E-state index in [-0.39, 0.29) is 6.04 Å². The third-order valence-corrected chi connectivity index (χ3v) is 3.70. The summed E-state index contributed by atoms with van der Waals surface area (Å²) in [6, 6.07) is 5.89. The molecule has 17 heavy (non-hydrogen) atoms. The summed E-state index contributed by atoms with van der Waals surface area (Å²) in [5.41, 5.74) is 2.53. The molecule has 0 saturated carbocycles. The Bertz CT molecular complexity index is 426. The highest BCUT2D eigenvalue weighted by Gasteiger charge is 2.20. The highest BCUT2D eigenvalue weighted by Crippen LogP contribution is 2.35. The van der Waals surface area contributed by atoms with Crippen LogP contribution in [-0.4, -0.2) is 6.54 Å². The molecule has 1 unspecified atom stereocenters. The second-order valence-electron chi connectivity index (χ2n) is 4.33. The molecular weight excluding hydrogens is 253 g/mol. The van der Waals surface area contributed by atoms with Crippen molar-refractivity contribution in [1.82, 2.24) is 5.32 Å². The Kier molecular flexibility index (Phi) is 4.49. The van der Waals surface area contributed by atoms with Gasteiger partial charge in [-0.2, -0.15) is 0 Å². The number of benzene rings is 1. The van der Waals surface area contributed by atoms with Gasteiger partial charge in [-0.15, -0.1) is 0 Å². The fraction of sp³-hybridized carbons (Fsp3) is 0.429. The minimum absolute atomic E-state index is 0.216. The fourth-order valence-corrected chi connectivity index (χ4v) is 2.75. The standard InChI is InChI=1S/C14H17Cl2N/c1-2-17-14(10-5-3-4-6-10)12-9-11(15)7-8-13(12)16/h5,7-9,14,17H,2-4,6H2,1H3. The highest BCUT2D eigenvalue weighted by atomic mass is 35.5. The van der Waals surface area contributed by atoms with Gasteiger partial charge in [-0.1, -0.05) is 41.8 Å². The summed E-state index contributed by atoms with van der Waals surface area (Å²) >= 11 is 12.3. The van der Waals surface area contributed by atoms with Gasteiger partial charge in [0.05, 0.1) is 6.04 Å². The topological polar surface area (TPSA) is 12.0 Å². The van der Waals surface area contributed by atoms with Crippen molar-refractivity contribution in [2.75, 3.05) is 6.54 Å². The molecule has 0 bridgehead atoms. The molecule has 1 N–H and O–H groups in total. The van der Waals surface area contributed by atoms with Gasteiger partial charge < -0.3 is 5.32 Å². The molecular formula is C14H17Cl2N. The third kappa shape index (κ3) is 3.04. The molecule has 92 valence electrons. The van der Waals surface area contributed by atoms with Crippen molar-refractivity contribution in [1.29, 1.82) is 0 Å². The van der Waals surface area contributed by atoms with E-state index in [1.165, 1.54) is 18.4 Å². The molecule has 1 aliphatic rings. The number of hydrogen-bond donors (Lipinski definition) is 1. The average Bonchev–Trinajstić information content (AvgIpc) is 2.83. The lowest BCUT2D eigenvalue weighted by molar-refractivity contribution is 0.605. The third-order valence-electron chi connectivity index (χ3n) is 3.12. The van der Waals surface area contributed by atoms with Crippen LogP contribution < -0.4 is 5.32 Å². The summed E-state index contributed by atoms with van der Waals surface area (Å²) in [5, 5.41) is 5.02. The molecule has 0 spiro atoms. The molecule has 0 radical (unpaired) electrons. The molecule has 1 aromatic carbocycles. The molecule has 0 aliphatic heterocycles. The largest absolute Gasteiger partial charge is 0.307 e. The predicted molar refractivity (Wildman–Crippen MR) is 74.8 cm³/mol. The second kappa shape index (κ2) is 5.90. The van der Waals surface area contributed by atoms with Crippen molar-refractivity contribution >= 4 is 23.2 Å². The van der Waals surface area contributed by atoms with Crippen molar-refractivity contribution in [2.45, 2.75) is 32.2 Å². The van der Waals surface area contributed by atoms with Gasteiger partial charge >= 0.3 is 0 Å². The van der Waals surface area contributed by atoms with Crippen molar-refractivity contribution in [2.24, 2.45) is 0 Å². The Balaban J connectivity index is 2.34. The summed E-state index contributed by atoms with van der Waals surface area (Å²) in [5.74, 6) is 0. The van der Waals surface area contributed by atoms with E-state index in [1.54, 1.807) is 0 Å². The summed E-state index contributed by atoms with van der Waals surface area (Å²) in [6.45, 7) is 3.03. The van der Waals surface area contributed by atoms with Crippen LogP contribution in [0.3, 0.4) is 0 Å². The van der Waals surface area contributed by atoms with E-state index < -0.39 is 0 Å². The zero-order chi connectivity index (χ0) is 12.3. The number of hydrogen-bond acceptors (Lipinski definition) is 1. The van der Waals surface area contributed by atoms with E-state index in [9.17, 15) is 0 Å². The highest BCUT2D eigenvalue weighted by molar-refractivity contribution is 6.33. The van der Waals surface area contributed by atoms with E-state index in [2.05, 4.69) is 18.3 Å². The van der Waals surface area contributed by atoms with Gasteiger partial charge in [-0.05, 0) is 49.6 Å². The molecule has 1 atom stereocenters. The van der Waals surface area contributed by atoms with Crippen molar-refractivity contribution in [3.63, 3.8) is 0 Å². The average molecular weight is 270 g/mol. The summed E-state index contributed by atoms with van der Waals surface area (Å²) < 4.78 is 0. The van der Waals surface area contributed by atoms with Crippen LogP contribution in [-0.2, 0) is 0 Å². The van der Waals surface area contributed by atoms with Crippen LogP contribution in [0.15, 0.2) is 29.8 Å². The van der Waals surface area contributed by atoms with Crippen molar-refractivity contribution in [3.05, 3.63) is 45.5 Å². The van der Waals surface area contributed by atoms with E-state index in [4.69, 9.17) is 23.2 Å². The first-order valence-corrected chi connectivity index (χ1v) is 6.85. The van der Waals surface area contributed by atoms with Gasteiger partial charge in [0, 0.05) is 10.0 Å². The van der Waals surface area contributed by atoms with Crippen LogP contribution in [0.2, 0.25) is 10.0 Å². The monoisotopic (exact) mass is 269 g/mol. The molecule has 1 nitrogen and oxygen atoms in total. The SMILES string of the molecule is CCNC(C1=CCCC1)c1cc(Cl)ccc1Cl. The van der Waals surface area contributed by atoms with Gasteiger partial charge in [0.2, 0.25) is 0 Å². The predicted octanol–water partition coefficient (Wildman–Crippen LogP) is 4.75. The number of nitrogens with one attached hydrogen (secondary N) is 1. The number of rotatable bonds is 4. The van der Waals surface area contributed by atoms with Crippen molar-refractivity contribution < 1.29 is 0 Å². The molecule has 3 heteroatoms. The van der Waals surface area contributed by atoms with Crippen LogP contribution in [0.5, 0.6) is 0 Å². The van der Waals surface area contributed by atoms with Crippen molar-refractivity contribution in [3.8, 4) is 0 Å². The second-order valence-corrected chi connectivity index (χ2v) is 5.17. The lowest BCUT2D eigenvalue weighted by Gasteiger charge is -2.21. The number of halogens is 2. The first-order chi connectivity index (χ1) is 8.22. The zero-order valence-electron chi connectivity index (χ0n) is 9.97. The zero-order valence-corrected chi connectivity index (χ0v) is 11.5. The van der Waals surface area contributed by atoms with Crippen LogP contribution >= 0.6 is 23.2 Å². The Morgan fingerprint density at radius 2 is 2.18 bits per heavy atom. The Morgan fingerprint density at radius 3 is 2.82 bits per heavy atom. The molecule has 0 amide bonds. The van der Waals surface area contributed by atoms with E-state index >= 15 is 0 Å². The normalized spacial score (nSPS) is 17.0. The molecule has 1 aliphatic carbocycles. The van der Waals surface area contributed by atoms with Crippen LogP contribution in [0.25, 0.3) is 0 Å². The van der Waals surface area contributed by atoms with E-state index in [1.807, 2.05) is 18.2 Å². The summed E-state index contributed by atoms with van der Waals surface area (Å²) in [6.07, 6.45) is 5.90. The Morgan fingerprint density at radius 1 is 1.35 bits per heavy atom. The minimum Gasteiger partial charge on any atom is -0.307 e. The molecule has 0 saturated heterocycles.